The van der Waals surface area contributed by atoms with Gasteiger partial charge in [0.15, 0.2) is 6.10 Å². The summed E-state index contributed by atoms with van der Waals surface area (Å²) >= 11 is 0. The highest BCUT2D eigenvalue weighted by Crippen LogP contribution is 2.51. The first kappa shape index (κ1) is 52.4. The molecule has 8 atom stereocenters. The predicted molar refractivity (Wildman–Crippen MR) is 201 cm³/mol. The fourth-order valence-electron chi connectivity index (χ4n) is 5.43. The van der Waals surface area contributed by atoms with Crippen molar-refractivity contribution >= 4 is 35.4 Å². The highest BCUT2D eigenvalue weighted by atomic mass is 31.2. The third kappa shape index (κ3) is 24.3. The van der Waals surface area contributed by atoms with Crippen molar-refractivity contribution in [3.63, 3.8) is 0 Å². The van der Waals surface area contributed by atoms with Crippen molar-refractivity contribution in [3.05, 3.63) is 36.5 Å². The Hall–Kier alpha value is -1.63. The van der Waals surface area contributed by atoms with Gasteiger partial charge in [0.2, 0.25) is 0 Å². The van der Waals surface area contributed by atoms with Crippen molar-refractivity contribution in [2.45, 2.75) is 153 Å². The number of carbonyl (C=O) groups excluding carboxylic acids is 2. The lowest BCUT2D eigenvalue weighted by atomic mass is 9.85. The third-order valence-electron chi connectivity index (χ3n) is 8.21. The van der Waals surface area contributed by atoms with Crippen LogP contribution in [0.5, 0.6) is 0 Å². The molecule has 0 amide bonds. The lowest BCUT2D eigenvalue weighted by Crippen LogP contribution is -2.65. The number of phosphoric acid groups is 3. The van der Waals surface area contributed by atoms with Gasteiger partial charge in [-0.3, -0.25) is 27.7 Å². The van der Waals surface area contributed by atoms with E-state index in [0.29, 0.717) is 25.7 Å². The molecule has 0 aromatic rings. The maximum atomic E-state index is 13.0. The summed E-state index contributed by atoms with van der Waals surface area (Å²) < 4.78 is 64.8. The van der Waals surface area contributed by atoms with Crippen molar-refractivity contribution in [2.24, 2.45) is 0 Å². The SMILES string of the molecule is CC/C=C/C/C=C/C/C=C/CCCC(=O)O[C@H](COC(=O)CCCCCCCCCC)COP(=O)(O)O[C@@H]1[C@H](O)[C@H](O)[C@@H](OP(=O)(O)O)[C@H](OP(=O)(O)O)[C@H]1O. The van der Waals surface area contributed by atoms with Crippen LogP contribution in [0.2, 0.25) is 0 Å². The zero-order valence-corrected chi connectivity index (χ0v) is 34.6. The summed E-state index contributed by atoms with van der Waals surface area (Å²) in [7, 11) is -16.6. The zero-order chi connectivity index (χ0) is 42.2. The van der Waals surface area contributed by atoms with Gasteiger partial charge in [-0.2, -0.15) is 0 Å². The maximum Gasteiger partial charge on any atom is 0.472 e. The van der Waals surface area contributed by atoms with Gasteiger partial charge in [-0.05, 0) is 38.5 Å². The fourth-order valence-corrected chi connectivity index (χ4v) is 7.52. The molecule has 0 aliphatic heterocycles. The van der Waals surface area contributed by atoms with E-state index in [1.165, 1.54) is 6.42 Å². The number of aliphatic hydroxyl groups is 3. The van der Waals surface area contributed by atoms with Gasteiger partial charge < -0.3 is 49.3 Å². The molecule has 1 rings (SSSR count). The summed E-state index contributed by atoms with van der Waals surface area (Å²) in [5.41, 5.74) is 0. The smallest absolute Gasteiger partial charge is 0.462 e. The minimum Gasteiger partial charge on any atom is -0.462 e. The second kappa shape index (κ2) is 27.9. The molecule has 22 heteroatoms. The third-order valence-corrected chi connectivity index (χ3v) is 10.2. The predicted octanol–water partition coefficient (Wildman–Crippen LogP) is 4.56. The van der Waals surface area contributed by atoms with E-state index in [0.717, 1.165) is 51.4 Å². The summed E-state index contributed by atoms with van der Waals surface area (Å²) in [5, 5.41) is 31.6. The van der Waals surface area contributed by atoms with Gasteiger partial charge in [0.25, 0.3) is 0 Å². The first-order valence-corrected chi connectivity index (χ1v) is 23.3. The van der Waals surface area contributed by atoms with Crippen LogP contribution in [0, 0.1) is 0 Å². The van der Waals surface area contributed by atoms with Gasteiger partial charge in [-0.1, -0.05) is 95.2 Å². The lowest BCUT2D eigenvalue weighted by Gasteiger charge is -2.44. The summed E-state index contributed by atoms with van der Waals surface area (Å²) in [6.45, 7) is 2.66. The number of phosphoric ester groups is 3. The van der Waals surface area contributed by atoms with Crippen molar-refractivity contribution in [1.29, 1.82) is 0 Å². The summed E-state index contributed by atoms with van der Waals surface area (Å²) in [6.07, 6.45) is 6.97. The van der Waals surface area contributed by atoms with E-state index in [1.54, 1.807) is 0 Å². The highest BCUT2D eigenvalue weighted by molar-refractivity contribution is 7.47. The van der Waals surface area contributed by atoms with Crippen molar-refractivity contribution in [3.8, 4) is 0 Å². The number of esters is 2. The normalized spacial score (nSPS) is 23.8. The van der Waals surface area contributed by atoms with E-state index in [4.69, 9.17) is 18.5 Å². The van der Waals surface area contributed by atoms with Crippen LogP contribution in [0.1, 0.15) is 110 Å². The molecule has 1 aliphatic rings. The standard InChI is InChI=1S/C34H61O19P3/c1-3-5-7-9-11-13-14-15-17-19-21-23-28(36)50-26(24-48-27(35)22-20-18-16-12-10-8-6-4-2)25-49-56(46,47)53-32-29(37)30(38)33(51-54(40,41)42)34(31(32)39)52-55(43,44)45/h5,7,11,13,15,17,26,29-34,37-39H,3-4,6,8-10,12,14,16,18-25H2,1-2H3,(H,46,47)(H2,40,41,42)(H2,43,44,45)/b7-5+,13-11+,17-15+/t26-,29-,30+,31+,32-,33-,34-/m1/s1. The maximum absolute atomic E-state index is 13.0. The van der Waals surface area contributed by atoms with Crippen molar-refractivity contribution in [1.82, 2.24) is 0 Å². The van der Waals surface area contributed by atoms with Crippen LogP contribution in [0.3, 0.4) is 0 Å². The van der Waals surface area contributed by atoms with Crippen molar-refractivity contribution < 1.29 is 90.6 Å². The number of ether oxygens (including phenoxy) is 2. The van der Waals surface area contributed by atoms with Crippen LogP contribution in [0.25, 0.3) is 0 Å². The number of rotatable bonds is 30. The molecule has 0 aromatic heterocycles. The van der Waals surface area contributed by atoms with E-state index < -0.39 is 91.3 Å². The first-order valence-electron chi connectivity index (χ1n) is 18.8. The molecular weight excluding hydrogens is 805 g/mol. The molecule has 1 aliphatic carbocycles. The second-order valence-electron chi connectivity index (χ2n) is 13.1. The van der Waals surface area contributed by atoms with Crippen LogP contribution >= 0.6 is 23.5 Å². The summed E-state index contributed by atoms with van der Waals surface area (Å²) in [5.74, 6) is -1.37. The molecule has 1 saturated carbocycles. The molecule has 0 saturated heterocycles. The Morgan fingerprint density at radius 1 is 0.589 bits per heavy atom. The molecular formula is C34H61O19P3. The van der Waals surface area contributed by atoms with Gasteiger partial charge in [-0.25, -0.2) is 13.7 Å². The molecule has 326 valence electrons. The Kier molecular flexibility index (Phi) is 26.1. The minimum absolute atomic E-state index is 0.0689. The Morgan fingerprint density at radius 2 is 1.09 bits per heavy atom. The molecule has 19 nitrogen and oxygen atoms in total. The van der Waals surface area contributed by atoms with Crippen molar-refractivity contribution in [2.75, 3.05) is 13.2 Å². The number of carbonyl (C=O) groups is 2. The van der Waals surface area contributed by atoms with Crippen LogP contribution in [-0.4, -0.2) is 108 Å². The Morgan fingerprint density at radius 3 is 1.66 bits per heavy atom. The lowest BCUT2D eigenvalue weighted by molar-refractivity contribution is -0.213. The molecule has 0 aromatic carbocycles. The van der Waals surface area contributed by atoms with Crippen LogP contribution < -0.4 is 0 Å². The molecule has 8 N–H and O–H groups in total. The monoisotopic (exact) mass is 866 g/mol. The number of hydrogen-bond donors (Lipinski definition) is 8. The van der Waals surface area contributed by atoms with E-state index in [2.05, 4.69) is 35.0 Å². The molecule has 56 heavy (non-hydrogen) atoms. The minimum atomic E-state index is -5.59. The Bertz CT molecular complexity index is 1360. The van der Waals surface area contributed by atoms with E-state index in [1.807, 2.05) is 24.3 Å². The first-order chi connectivity index (χ1) is 26.3. The number of allylic oxidation sites excluding steroid dienone is 6. The Labute approximate surface area is 328 Å². The van der Waals surface area contributed by atoms with E-state index >= 15 is 0 Å². The van der Waals surface area contributed by atoms with Gasteiger partial charge in [0.1, 0.15) is 43.2 Å². The van der Waals surface area contributed by atoms with Gasteiger partial charge in [-0.15, -0.1) is 0 Å². The van der Waals surface area contributed by atoms with Crippen LogP contribution in [0.15, 0.2) is 36.5 Å². The highest BCUT2D eigenvalue weighted by Gasteiger charge is 2.56. The van der Waals surface area contributed by atoms with Crippen LogP contribution in [0.4, 0.5) is 0 Å². The largest absolute Gasteiger partial charge is 0.472 e. The zero-order valence-electron chi connectivity index (χ0n) is 31.9. The molecule has 0 bridgehead atoms. The Balaban J connectivity index is 2.91. The molecule has 0 heterocycles. The topological polar surface area (TPSA) is 303 Å². The number of aliphatic hydroxyl groups excluding tert-OH is 3. The summed E-state index contributed by atoms with van der Waals surface area (Å²) in [6, 6.07) is 0. The quantitative estimate of drug-likeness (QED) is 0.0212. The number of hydrogen-bond acceptors (Lipinski definition) is 14. The van der Waals surface area contributed by atoms with Gasteiger partial charge in [0.05, 0.1) is 6.61 Å². The van der Waals surface area contributed by atoms with Gasteiger partial charge in [0, 0.05) is 12.8 Å². The average molecular weight is 867 g/mol. The molecule has 0 spiro atoms. The molecule has 0 radical (unpaired) electrons. The van der Waals surface area contributed by atoms with Gasteiger partial charge >= 0.3 is 35.4 Å². The van der Waals surface area contributed by atoms with E-state index in [-0.39, 0.29) is 12.8 Å². The number of unbranched alkanes of at least 4 members (excludes halogenated alkanes) is 8. The average Bonchev–Trinajstić information content (AvgIpc) is 3.11. The second-order valence-corrected chi connectivity index (χ2v) is 16.9. The summed E-state index contributed by atoms with van der Waals surface area (Å²) in [4.78, 5) is 72.5. The van der Waals surface area contributed by atoms with E-state index in [9.17, 15) is 63.1 Å². The fraction of sp³-hybridized carbons (Fsp3) is 0.765. The van der Waals surface area contributed by atoms with Crippen LogP contribution in [-0.2, 0) is 50.9 Å². The molecule has 1 unspecified atom stereocenters. The molecule has 1 fully saturated rings.